The highest BCUT2D eigenvalue weighted by molar-refractivity contribution is 6.00. The molecule has 4 aromatic rings. The van der Waals surface area contributed by atoms with E-state index < -0.39 is 17.5 Å². The molecule has 0 spiro atoms. The van der Waals surface area contributed by atoms with E-state index in [2.05, 4.69) is 21.4 Å². The van der Waals surface area contributed by atoms with Gasteiger partial charge in [0.1, 0.15) is 35.6 Å². The third-order valence-corrected chi connectivity index (χ3v) is 9.93. The maximum Gasteiger partial charge on any atom is 0.319 e. The number of halogens is 3. The summed E-state index contributed by atoms with van der Waals surface area (Å²) in [5.41, 5.74) is 0.674. The van der Waals surface area contributed by atoms with Crippen molar-refractivity contribution >= 4 is 33.4 Å². The van der Waals surface area contributed by atoms with Crippen molar-refractivity contribution < 1.29 is 22.7 Å². The number of aromatic nitrogens is 3. The van der Waals surface area contributed by atoms with Crippen LogP contribution < -0.4 is 9.64 Å². The number of ether oxygens (including phenoxy) is 1. The Balaban J connectivity index is 1.32. The first-order valence-electron chi connectivity index (χ1n) is 15.4. The van der Waals surface area contributed by atoms with E-state index >= 15 is 4.39 Å². The number of pyridine rings is 1. The molecule has 2 aromatic heterocycles. The molecule has 1 amide bonds. The predicted molar refractivity (Wildman–Crippen MR) is 167 cm³/mol. The maximum atomic E-state index is 16.7. The zero-order valence-corrected chi connectivity index (χ0v) is 25.4. The molecule has 45 heavy (non-hydrogen) atoms. The number of likely N-dealkylation sites (N-methyl/N-ethyl adjacent to an activating group) is 1. The Morgan fingerprint density at radius 3 is 2.82 bits per heavy atom. The van der Waals surface area contributed by atoms with Crippen molar-refractivity contribution in [1.29, 1.82) is 0 Å². The Kier molecular flexibility index (Phi) is 7.38. The Bertz CT molecular complexity index is 1840. The predicted octanol–water partition coefficient (Wildman–Crippen LogP) is 5.61. The summed E-state index contributed by atoms with van der Waals surface area (Å²) in [4.78, 5) is 31.9. The summed E-state index contributed by atoms with van der Waals surface area (Å²) in [5.74, 6) is -0.704. The molecule has 5 heterocycles. The molecule has 3 saturated heterocycles. The summed E-state index contributed by atoms with van der Waals surface area (Å²) < 4.78 is 51.7. The van der Waals surface area contributed by atoms with E-state index in [4.69, 9.17) is 9.72 Å². The van der Waals surface area contributed by atoms with Crippen LogP contribution in [-0.2, 0) is 4.79 Å². The van der Waals surface area contributed by atoms with Crippen molar-refractivity contribution in [3.05, 3.63) is 66.4 Å². The van der Waals surface area contributed by atoms with Gasteiger partial charge in [-0.25, -0.2) is 13.2 Å². The number of hydrogen-bond acceptors (Lipinski definition) is 7. The summed E-state index contributed by atoms with van der Waals surface area (Å²) in [6.07, 6.45) is 4.78. The average molecular weight is 617 g/mol. The largest absolute Gasteiger partial charge is 0.461 e. The molecule has 3 atom stereocenters. The molecule has 0 unspecified atom stereocenters. The number of carbonyl (C=O) groups excluding carboxylic acids is 1. The fourth-order valence-electron chi connectivity index (χ4n) is 7.44. The Morgan fingerprint density at radius 1 is 1.16 bits per heavy atom. The lowest BCUT2D eigenvalue weighted by atomic mass is 9.95. The van der Waals surface area contributed by atoms with Gasteiger partial charge in [0.2, 0.25) is 5.91 Å². The Morgan fingerprint density at radius 2 is 2.00 bits per heavy atom. The summed E-state index contributed by atoms with van der Waals surface area (Å²) in [5, 5.41) is 1.74. The van der Waals surface area contributed by atoms with Gasteiger partial charge in [0.05, 0.1) is 10.9 Å². The first-order chi connectivity index (χ1) is 21.7. The molecule has 0 radical (unpaired) electrons. The quantitative estimate of drug-likeness (QED) is 0.250. The number of aryl methyl sites for hydroxylation is 1. The number of fused-ring (bicyclic) bond motifs is 3. The highest BCUT2D eigenvalue weighted by Crippen LogP contribution is 2.41. The van der Waals surface area contributed by atoms with Gasteiger partial charge < -0.3 is 14.5 Å². The first kappa shape index (κ1) is 29.5. The Labute approximate surface area is 259 Å². The van der Waals surface area contributed by atoms with Gasteiger partial charge in [0.25, 0.3) is 0 Å². The molecular formula is C34H35F3N6O2. The van der Waals surface area contributed by atoms with E-state index in [-0.39, 0.29) is 41.6 Å². The smallest absolute Gasteiger partial charge is 0.319 e. The molecule has 234 valence electrons. The molecule has 0 saturated carbocycles. The van der Waals surface area contributed by atoms with Gasteiger partial charge in [0.15, 0.2) is 5.82 Å². The van der Waals surface area contributed by atoms with E-state index in [1.54, 1.807) is 42.3 Å². The monoisotopic (exact) mass is 616 g/mol. The van der Waals surface area contributed by atoms with E-state index in [9.17, 15) is 13.6 Å². The van der Waals surface area contributed by atoms with Gasteiger partial charge in [0, 0.05) is 50.9 Å². The number of benzene rings is 2. The molecule has 3 aliphatic rings. The number of likely N-dealkylation sites (tertiary alicyclic amines) is 1. The van der Waals surface area contributed by atoms with Crippen molar-refractivity contribution in [3.8, 4) is 17.3 Å². The van der Waals surface area contributed by atoms with Crippen LogP contribution in [0.5, 0.6) is 6.01 Å². The number of anilines is 1. The summed E-state index contributed by atoms with van der Waals surface area (Å²) in [6, 6.07) is 8.23. The van der Waals surface area contributed by atoms with Crippen molar-refractivity contribution in [2.45, 2.75) is 50.4 Å². The molecule has 0 aliphatic carbocycles. The lowest BCUT2D eigenvalue weighted by Gasteiger charge is -2.31. The number of alkyl halides is 1. The molecule has 8 nitrogen and oxygen atoms in total. The van der Waals surface area contributed by atoms with Crippen LogP contribution in [0, 0.1) is 18.6 Å². The number of amides is 1. The second-order valence-corrected chi connectivity index (χ2v) is 12.5. The van der Waals surface area contributed by atoms with Gasteiger partial charge in [-0.2, -0.15) is 9.97 Å². The standard InChI is InChI=1S/C34H35F3N6O2/c1-4-28(44)42-14-11-22(18-42)41(3)32-26-16-38-30(25-8-5-7-23-20(2)27(36)10-9-24(23)25)29(37)31(26)39-33(40-32)45-19-34-12-6-13-43(34)17-21(35)15-34/h4-5,7-10,16,21-22H,1,6,11-15,17-19H2,2-3H3/t21-,22-,34+/m1/s1. The van der Waals surface area contributed by atoms with Crippen LogP contribution in [0.1, 0.15) is 31.2 Å². The van der Waals surface area contributed by atoms with Crippen molar-refractivity contribution in [2.75, 3.05) is 44.7 Å². The zero-order chi connectivity index (χ0) is 31.5. The topological polar surface area (TPSA) is 74.7 Å². The maximum absolute atomic E-state index is 16.7. The lowest BCUT2D eigenvalue weighted by molar-refractivity contribution is -0.125. The van der Waals surface area contributed by atoms with Crippen LogP contribution in [-0.4, -0.2) is 88.2 Å². The summed E-state index contributed by atoms with van der Waals surface area (Å²) in [6.45, 7) is 7.71. The minimum atomic E-state index is -0.916. The molecule has 11 heteroatoms. The third kappa shape index (κ3) is 4.97. The van der Waals surface area contributed by atoms with Gasteiger partial charge in [-0.3, -0.25) is 14.7 Å². The number of rotatable bonds is 7. The van der Waals surface area contributed by atoms with E-state index in [1.807, 2.05) is 11.9 Å². The van der Waals surface area contributed by atoms with Crippen molar-refractivity contribution in [2.24, 2.45) is 0 Å². The van der Waals surface area contributed by atoms with Crippen LogP contribution in [0.3, 0.4) is 0 Å². The van der Waals surface area contributed by atoms with Crippen LogP contribution >= 0.6 is 0 Å². The number of nitrogens with zero attached hydrogens (tertiary/aromatic N) is 6. The normalized spacial score (nSPS) is 23.2. The molecule has 2 aromatic carbocycles. The molecular weight excluding hydrogens is 581 g/mol. The first-order valence-corrected chi connectivity index (χ1v) is 15.4. The number of carbonyl (C=O) groups is 1. The minimum Gasteiger partial charge on any atom is -0.461 e. The van der Waals surface area contributed by atoms with Gasteiger partial charge >= 0.3 is 6.01 Å². The molecule has 3 aliphatic heterocycles. The fourth-order valence-corrected chi connectivity index (χ4v) is 7.44. The summed E-state index contributed by atoms with van der Waals surface area (Å²) >= 11 is 0. The lowest BCUT2D eigenvalue weighted by Crippen LogP contribution is -2.43. The second-order valence-electron chi connectivity index (χ2n) is 12.5. The molecule has 0 bridgehead atoms. The molecule has 0 N–H and O–H groups in total. The zero-order valence-electron chi connectivity index (χ0n) is 25.4. The van der Waals surface area contributed by atoms with E-state index in [0.717, 1.165) is 19.4 Å². The van der Waals surface area contributed by atoms with Gasteiger partial charge in [-0.15, -0.1) is 0 Å². The van der Waals surface area contributed by atoms with Crippen molar-refractivity contribution in [1.82, 2.24) is 24.8 Å². The van der Waals surface area contributed by atoms with E-state index in [0.29, 0.717) is 65.6 Å². The molecule has 7 rings (SSSR count). The second kappa shape index (κ2) is 11.3. The van der Waals surface area contributed by atoms with Crippen molar-refractivity contribution in [3.63, 3.8) is 0 Å². The van der Waals surface area contributed by atoms with Crippen LogP contribution in [0.15, 0.2) is 49.2 Å². The fraction of sp³-hybridized carbons (Fsp3) is 0.412. The SMILES string of the molecule is C=CC(=O)N1CC[C@@H](N(C)c2nc(OC[C@@]34CCCN3C[C@H](F)C4)nc3c(F)c(-c4cccc5c(C)c(F)ccc45)ncc23)C1. The number of hydrogen-bond donors (Lipinski definition) is 0. The van der Waals surface area contributed by atoms with Crippen LogP contribution in [0.4, 0.5) is 19.0 Å². The summed E-state index contributed by atoms with van der Waals surface area (Å²) in [7, 11) is 1.86. The molecule has 3 fully saturated rings. The average Bonchev–Trinajstić information content (AvgIpc) is 3.76. The van der Waals surface area contributed by atoms with Crippen LogP contribution in [0.2, 0.25) is 0 Å². The van der Waals surface area contributed by atoms with Gasteiger partial charge in [-0.05, 0) is 61.2 Å². The van der Waals surface area contributed by atoms with Crippen LogP contribution in [0.25, 0.3) is 32.9 Å². The highest BCUT2D eigenvalue weighted by atomic mass is 19.1. The minimum absolute atomic E-state index is 0.00297. The van der Waals surface area contributed by atoms with Gasteiger partial charge in [-0.1, -0.05) is 30.8 Å². The van der Waals surface area contributed by atoms with E-state index in [1.165, 1.54) is 12.1 Å². The third-order valence-electron chi connectivity index (χ3n) is 9.93. The Hall–Kier alpha value is -4.25. The highest BCUT2D eigenvalue weighted by Gasteiger charge is 2.49.